The summed E-state index contributed by atoms with van der Waals surface area (Å²) in [6, 6.07) is 4.33. The molecule has 0 bridgehead atoms. The molecule has 1 atom stereocenters. The highest BCUT2D eigenvalue weighted by Crippen LogP contribution is 2.51. The second-order valence-corrected chi connectivity index (χ2v) is 8.02. The first-order valence-electron chi connectivity index (χ1n) is 10.2. The molecule has 0 spiro atoms. The minimum Gasteiger partial charge on any atom is -0.454 e. The van der Waals surface area contributed by atoms with Crippen molar-refractivity contribution in [1.82, 2.24) is 4.57 Å². The molecule has 10 heteroatoms. The Morgan fingerprint density at radius 3 is 2.25 bits per heavy atom. The molecule has 0 amide bonds. The van der Waals surface area contributed by atoms with Crippen LogP contribution in [0, 0.1) is 0 Å². The Morgan fingerprint density at radius 2 is 1.59 bits per heavy atom. The number of hydrogen-bond acceptors (Lipinski definition) is 6. The molecule has 170 valence electrons. The maximum atomic E-state index is 13.8. The predicted octanol–water partition coefficient (Wildman–Crippen LogP) is 4.18. The summed E-state index contributed by atoms with van der Waals surface area (Å²) in [6.07, 6.45) is -3.50. The summed E-state index contributed by atoms with van der Waals surface area (Å²) < 4.78 is 64.5. The van der Waals surface area contributed by atoms with Crippen LogP contribution in [0.1, 0.15) is 32.3 Å². The van der Waals surface area contributed by atoms with E-state index in [9.17, 15) is 23.1 Å². The van der Waals surface area contributed by atoms with Gasteiger partial charge in [0.15, 0.2) is 28.6 Å². The quantitative estimate of drug-likeness (QED) is 0.600. The number of aromatic nitrogens is 1. The molecule has 0 radical (unpaired) electrons. The molecular formula is C22H20F3NO6. The lowest BCUT2D eigenvalue weighted by atomic mass is 9.91. The Labute approximate surface area is 179 Å². The van der Waals surface area contributed by atoms with E-state index in [-0.39, 0.29) is 36.0 Å². The van der Waals surface area contributed by atoms with Gasteiger partial charge in [-0.25, -0.2) is 0 Å². The van der Waals surface area contributed by atoms with Gasteiger partial charge in [0.25, 0.3) is 5.56 Å². The number of alkyl halides is 3. The molecule has 3 aromatic rings. The van der Waals surface area contributed by atoms with Crippen LogP contribution in [-0.4, -0.2) is 29.4 Å². The number of nitrogens with zero attached hydrogens (tertiary/aromatic N) is 1. The lowest BCUT2D eigenvalue weighted by molar-refractivity contribution is -0.259. The minimum atomic E-state index is -4.97. The van der Waals surface area contributed by atoms with Gasteiger partial charge in [0, 0.05) is 22.9 Å². The normalized spacial score (nSPS) is 16.7. The summed E-state index contributed by atoms with van der Waals surface area (Å²) in [4.78, 5) is 13.4. The molecule has 3 heterocycles. The number of halogens is 3. The molecule has 0 saturated carbocycles. The second-order valence-electron chi connectivity index (χ2n) is 8.02. The Morgan fingerprint density at radius 1 is 0.969 bits per heavy atom. The Bertz CT molecular complexity index is 1310. The number of pyridine rings is 1. The number of benzene rings is 2. The SMILES string of the molecule is CCCCn1c(=O)c2cc3c(cc2c2cc(C(C)(O)C(F)(F)F)c4c(c21)OCO4)OCO3. The van der Waals surface area contributed by atoms with Crippen molar-refractivity contribution in [2.75, 3.05) is 13.6 Å². The highest BCUT2D eigenvalue weighted by atomic mass is 19.4. The van der Waals surface area contributed by atoms with Crippen LogP contribution in [0.5, 0.6) is 23.0 Å². The van der Waals surface area contributed by atoms with Gasteiger partial charge in [0.2, 0.25) is 13.6 Å². The largest absolute Gasteiger partial charge is 0.454 e. The van der Waals surface area contributed by atoms with Crippen molar-refractivity contribution >= 4 is 21.7 Å². The van der Waals surface area contributed by atoms with Crippen molar-refractivity contribution in [3.63, 3.8) is 0 Å². The van der Waals surface area contributed by atoms with E-state index in [0.29, 0.717) is 47.7 Å². The molecule has 5 rings (SSSR count). The van der Waals surface area contributed by atoms with Crippen LogP contribution in [0.4, 0.5) is 13.2 Å². The topological polar surface area (TPSA) is 79.2 Å². The van der Waals surface area contributed by atoms with Gasteiger partial charge < -0.3 is 28.6 Å². The summed E-state index contributed by atoms with van der Waals surface area (Å²) in [5.41, 5.74) is -3.69. The van der Waals surface area contributed by atoms with Gasteiger partial charge in [0.1, 0.15) is 0 Å². The highest BCUT2D eigenvalue weighted by molar-refractivity contribution is 6.10. The number of hydrogen-bond donors (Lipinski definition) is 1. The van der Waals surface area contributed by atoms with Gasteiger partial charge in [-0.15, -0.1) is 0 Å². The van der Waals surface area contributed by atoms with Gasteiger partial charge in [0.05, 0.1) is 10.9 Å². The molecule has 0 fully saturated rings. The molecule has 2 aliphatic rings. The van der Waals surface area contributed by atoms with Crippen molar-refractivity contribution in [1.29, 1.82) is 0 Å². The number of aryl methyl sites for hydroxylation is 1. The summed E-state index contributed by atoms with van der Waals surface area (Å²) in [5, 5.41) is 11.4. The summed E-state index contributed by atoms with van der Waals surface area (Å²) in [6.45, 7) is 2.63. The van der Waals surface area contributed by atoms with E-state index in [2.05, 4.69) is 0 Å². The van der Waals surface area contributed by atoms with Crippen molar-refractivity contribution in [2.24, 2.45) is 0 Å². The fraction of sp³-hybridized carbons (Fsp3) is 0.409. The van der Waals surface area contributed by atoms with E-state index in [0.717, 1.165) is 6.42 Å². The van der Waals surface area contributed by atoms with Gasteiger partial charge in [-0.3, -0.25) is 4.79 Å². The van der Waals surface area contributed by atoms with E-state index < -0.39 is 17.3 Å². The first-order valence-corrected chi connectivity index (χ1v) is 10.2. The average Bonchev–Trinajstić information content (AvgIpc) is 3.40. The van der Waals surface area contributed by atoms with E-state index in [1.165, 1.54) is 16.7 Å². The third kappa shape index (κ3) is 2.82. The van der Waals surface area contributed by atoms with E-state index in [4.69, 9.17) is 18.9 Å². The van der Waals surface area contributed by atoms with E-state index in [1.807, 2.05) is 6.92 Å². The van der Waals surface area contributed by atoms with Crippen molar-refractivity contribution in [2.45, 2.75) is 45.0 Å². The standard InChI is InChI=1S/C22H20F3NO6/c1-3-4-5-26-17-12(11-7-15-16(30-9-29-15)8-13(11)20(26)27)6-14(18-19(17)32-10-31-18)21(2,28)22(23,24)25/h6-8,28H,3-5,9-10H2,1-2H3. The Balaban J connectivity index is 1.95. The summed E-state index contributed by atoms with van der Waals surface area (Å²) >= 11 is 0. The third-order valence-electron chi connectivity index (χ3n) is 5.98. The zero-order valence-electron chi connectivity index (χ0n) is 17.3. The van der Waals surface area contributed by atoms with Gasteiger partial charge in [-0.1, -0.05) is 13.3 Å². The first-order chi connectivity index (χ1) is 15.1. The predicted molar refractivity (Wildman–Crippen MR) is 108 cm³/mol. The van der Waals surface area contributed by atoms with Gasteiger partial charge in [-0.2, -0.15) is 13.2 Å². The monoisotopic (exact) mass is 451 g/mol. The van der Waals surface area contributed by atoms with Crippen molar-refractivity contribution in [3.8, 4) is 23.0 Å². The highest BCUT2D eigenvalue weighted by Gasteiger charge is 2.54. The zero-order chi connectivity index (χ0) is 22.8. The number of rotatable bonds is 4. The summed E-state index contributed by atoms with van der Waals surface area (Å²) in [5.74, 6) is 0.560. The summed E-state index contributed by atoms with van der Waals surface area (Å²) in [7, 11) is 0. The number of aliphatic hydroxyl groups is 1. The van der Waals surface area contributed by atoms with Crippen LogP contribution >= 0.6 is 0 Å². The average molecular weight is 451 g/mol. The van der Waals surface area contributed by atoms with Crippen LogP contribution in [0.3, 0.4) is 0 Å². The van der Waals surface area contributed by atoms with Gasteiger partial charge in [-0.05, 0) is 31.5 Å². The first kappa shape index (κ1) is 20.7. The smallest absolute Gasteiger partial charge is 0.421 e. The molecule has 7 nitrogen and oxygen atoms in total. The molecule has 2 aromatic carbocycles. The van der Waals surface area contributed by atoms with Crippen LogP contribution in [0.15, 0.2) is 23.0 Å². The maximum Gasteiger partial charge on any atom is 0.421 e. The van der Waals surface area contributed by atoms with Crippen LogP contribution in [0.25, 0.3) is 21.7 Å². The second kappa shape index (κ2) is 6.93. The fourth-order valence-corrected chi connectivity index (χ4v) is 4.16. The minimum absolute atomic E-state index is 0.00907. The van der Waals surface area contributed by atoms with Crippen molar-refractivity contribution < 1.29 is 37.2 Å². The van der Waals surface area contributed by atoms with Gasteiger partial charge >= 0.3 is 6.18 Å². The molecule has 1 unspecified atom stereocenters. The Kier molecular flexibility index (Phi) is 4.49. The number of fused-ring (bicyclic) bond motifs is 6. The van der Waals surface area contributed by atoms with Crippen LogP contribution in [0.2, 0.25) is 0 Å². The molecule has 2 aliphatic heterocycles. The van der Waals surface area contributed by atoms with Crippen molar-refractivity contribution in [3.05, 3.63) is 34.1 Å². The third-order valence-corrected chi connectivity index (χ3v) is 5.98. The number of unbranched alkanes of at least 4 members (excludes halogenated alkanes) is 1. The molecule has 0 saturated heterocycles. The molecular weight excluding hydrogens is 431 g/mol. The van der Waals surface area contributed by atoms with Crippen LogP contribution < -0.4 is 24.5 Å². The molecule has 0 aliphatic carbocycles. The number of ether oxygens (including phenoxy) is 4. The lowest BCUT2D eigenvalue weighted by Gasteiger charge is -2.28. The molecule has 1 N–H and O–H groups in total. The molecule has 32 heavy (non-hydrogen) atoms. The zero-order valence-corrected chi connectivity index (χ0v) is 17.3. The Hall–Kier alpha value is -3.14. The maximum absolute atomic E-state index is 13.8. The molecule has 1 aromatic heterocycles. The van der Waals surface area contributed by atoms with Crippen LogP contribution in [-0.2, 0) is 12.1 Å². The fourth-order valence-electron chi connectivity index (χ4n) is 4.16. The van der Waals surface area contributed by atoms with E-state index >= 15 is 0 Å². The lowest BCUT2D eigenvalue weighted by Crippen LogP contribution is -2.39. The van der Waals surface area contributed by atoms with E-state index in [1.54, 1.807) is 6.07 Å².